The monoisotopic (exact) mass is 274 g/mol. The van der Waals surface area contributed by atoms with Crippen molar-refractivity contribution in [2.45, 2.75) is 30.9 Å². The van der Waals surface area contributed by atoms with Gasteiger partial charge in [0.05, 0.1) is 11.4 Å². The van der Waals surface area contributed by atoms with Crippen LogP contribution in [-0.4, -0.2) is 32.7 Å². The van der Waals surface area contributed by atoms with Gasteiger partial charge in [-0.1, -0.05) is 0 Å². The van der Waals surface area contributed by atoms with Crippen molar-refractivity contribution in [1.82, 2.24) is 10.3 Å². The lowest BCUT2D eigenvalue weighted by Crippen LogP contribution is -2.09. The number of hydrogen-bond donors (Lipinski definition) is 1. The van der Waals surface area contributed by atoms with Gasteiger partial charge < -0.3 is 5.32 Å². The lowest BCUT2D eigenvalue weighted by atomic mass is 10.2. The molecule has 1 atom stereocenters. The number of sulfone groups is 1. The highest BCUT2D eigenvalue weighted by Gasteiger charge is 2.34. The highest BCUT2D eigenvalue weighted by Crippen LogP contribution is 2.36. The molecule has 1 N–H and O–H groups in total. The van der Waals surface area contributed by atoms with Crippen LogP contribution < -0.4 is 5.32 Å². The first-order valence-corrected chi connectivity index (χ1v) is 8.53. The molecule has 4 nitrogen and oxygen atoms in total. The van der Waals surface area contributed by atoms with Gasteiger partial charge in [-0.2, -0.15) is 0 Å². The van der Waals surface area contributed by atoms with Crippen LogP contribution in [0, 0.1) is 0 Å². The summed E-state index contributed by atoms with van der Waals surface area (Å²) in [7, 11) is -0.988. The number of aryl methyl sites for hydroxylation is 1. The van der Waals surface area contributed by atoms with Gasteiger partial charge in [-0.05, 0) is 39.3 Å². The van der Waals surface area contributed by atoms with Gasteiger partial charge in [0.15, 0.2) is 9.84 Å². The Labute approximate surface area is 106 Å². The molecule has 1 aliphatic heterocycles. The van der Waals surface area contributed by atoms with Crippen molar-refractivity contribution in [1.29, 1.82) is 0 Å². The largest absolute Gasteiger partial charge is 0.320 e. The Hall–Kier alpha value is -0.460. The van der Waals surface area contributed by atoms with Gasteiger partial charge in [-0.15, -0.1) is 11.3 Å². The van der Waals surface area contributed by atoms with E-state index < -0.39 is 9.84 Å². The van der Waals surface area contributed by atoms with Crippen molar-refractivity contribution in [3.8, 4) is 0 Å². The third-order valence-corrected chi connectivity index (χ3v) is 6.37. The topological polar surface area (TPSA) is 59.1 Å². The molecule has 1 aromatic rings. The van der Waals surface area contributed by atoms with Gasteiger partial charge in [-0.3, -0.25) is 0 Å². The van der Waals surface area contributed by atoms with Crippen molar-refractivity contribution < 1.29 is 8.42 Å². The van der Waals surface area contributed by atoms with Crippen molar-refractivity contribution in [3.05, 3.63) is 16.1 Å². The van der Waals surface area contributed by atoms with Crippen molar-refractivity contribution in [2.75, 3.05) is 19.3 Å². The van der Waals surface area contributed by atoms with E-state index in [1.54, 1.807) is 0 Å². The van der Waals surface area contributed by atoms with Crippen LogP contribution in [0.4, 0.5) is 0 Å². The number of aromatic nitrogens is 1. The average molecular weight is 274 g/mol. The van der Waals surface area contributed by atoms with Crippen LogP contribution >= 0.6 is 11.3 Å². The number of thiazole rings is 1. The summed E-state index contributed by atoms with van der Waals surface area (Å²) in [6.45, 7) is 0.967. The third kappa shape index (κ3) is 3.05. The standard InChI is InChI=1S/C11H18N2O2S2/c1-12-6-2-4-9-8-16-11(13-9)10-5-3-7-17(10,14)15/h8,10,12H,2-7H2,1H3. The molecule has 0 spiro atoms. The maximum Gasteiger partial charge on any atom is 0.159 e. The van der Waals surface area contributed by atoms with E-state index in [4.69, 9.17) is 0 Å². The van der Waals surface area contributed by atoms with Gasteiger partial charge in [0.25, 0.3) is 0 Å². The van der Waals surface area contributed by atoms with Crippen LogP contribution in [0.2, 0.25) is 0 Å². The quantitative estimate of drug-likeness (QED) is 0.828. The summed E-state index contributed by atoms with van der Waals surface area (Å²) in [5, 5.41) is 5.56. The van der Waals surface area contributed by atoms with Crippen LogP contribution in [-0.2, 0) is 16.3 Å². The van der Waals surface area contributed by atoms with Gasteiger partial charge in [0, 0.05) is 5.38 Å². The molecule has 0 radical (unpaired) electrons. The predicted molar refractivity (Wildman–Crippen MR) is 70.1 cm³/mol. The van der Waals surface area contributed by atoms with Crippen LogP contribution in [0.5, 0.6) is 0 Å². The maximum absolute atomic E-state index is 11.8. The van der Waals surface area contributed by atoms with Crippen LogP contribution in [0.1, 0.15) is 35.2 Å². The predicted octanol–water partition coefficient (Wildman–Crippen LogP) is 1.54. The molecule has 1 unspecified atom stereocenters. The zero-order chi connectivity index (χ0) is 12.3. The fourth-order valence-corrected chi connectivity index (χ4v) is 5.31. The number of nitrogens with one attached hydrogen (secondary N) is 1. The van der Waals surface area contributed by atoms with Crippen LogP contribution in [0.3, 0.4) is 0 Å². The van der Waals surface area contributed by atoms with E-state index in [0.717, 1.165) is 42.9 Å². The molecule has 17 heavy (non-hydrogen) atoms. The fraction of sp³-hybridized carbons (Fsp3) is 0.727. The van der Waals surface area contributed by atoms with Gasteiger partial charge in [0.2, 0.25) is 0 Å². The third-order valence-electron chi connectivity index (χ3n) is 3.03. The first kappa shape index (κ1) is 13.0. The second kappa shape index (κ2) is 5.46. The molecule has 0 saturated carbocycles. The highest BCUT2D eigenvalue weighted by atomic mass is 32.2. The summed E-state index contributed by atoms with van der Waals surface area (Å²) in [6.07, 6.45) is 3.48. The lowest BCUT2D eigenvalue weighted by molar-refractivity contribution is 0.591. The summed E-state index contributed by atoms with van der Waals surface area (Å²) < 4.78 is 23.6. The van der Waals surface area contributed by atoms with E-state index in [9.17, 15) is 8.42 Å². The minimum Gasteiger partial charge on any atom is -0.320 e. The van der Waals surface area contributed by atoms with Crippen molar-refractivity contribution >= 4 is 21.2 Å². The molecule has 6 heteroatoms. The molecule has 0 aliphatic carbocycles. The molecular weight excluding hydrogens is 256 g/mol. The summed E-state index contributed by atoms with van der Waals surface area (Å²) >= 11 is 1.50. The van der Waals surface area contributed by atoms with E-state index in [1.807, 2.05) is 12.4 Å². The SMILES string of the molecule is CNCCCc1csc(C2CCCS2(=O)=O)n1. The molecule has 1 aliphatic rings. The number of rotatable bonds is 5. The smallest absolute Gasteiger partial charge is 0.159 e. The van der Waals surface area contributed by atoms with E-state index >= 15 is 0 Å². The number of nitrogens with zero attached hydrogens (tertiary/aromatic N) is 1. The van der Waals surface area contributed by atoms with Crippen LogP contribution in [0.25, 0.3) is 0 Å². The van der Waals surface area contributed by atoms with Gasteiger partial charge in [-0.25, -0.2) is 13.4 Å². The Balaban J connectivity index is 2.03. The lowest BCUT2D eigenvalue weighted by Gasteiger charge is -2.04. The van der Waals surface area contributed by atoms with Crippen molar-refractivity contribution in [3.63, 3.8) is 0 Å². The summed E-state index contributed by atoms with van der Waals surface area (Å²) in [5.41, 5.74) is 1.03. The Kier molecular flexibility index (Phi) is 4.17. The molecule has 2 rings (SSSR count). The molecular formula is C11H18N2O2S2. The Morgan fingerprint density at radius 2 is 2.41 bits per heavy atom. The van der Waals surface area contributed by atoms with E-state index in [0.29, 0.717) is 5.75 Å². The molecule has 0 bridgehead atoms. The van der Waals surface area contributed by atoms with Crippen LogP contribution in [0.15, 0.2) is 5.38 Å². The van der Waals surface area contributed by atoms with Crippen molar-refractivity contribution in [2.24, 2.45) is 0 Å². The molecule has 1 saturated heterocycles. The minimum absolute atomic E-state index is 0.326. The Morgan fingerprint density at radius 3 is 3.06 bits per heavy atom. The molecule has 96 valence electrons. The Morgan fingerprint density at radius 1 is 1.59 bits per heavy atom. The van der Waals surface area contributed by atoms with Gasteiger partial charge >= 0.3 is 0 Å². The van der Waals surface area contributed by atoms with E-state index in [1.165, 1.54) is 11.3 Å². The maximum atomic E-state index is 11.8. The van der Waals surface area contributed by atoms with Gasteiger partial charge in [0.1, 0.15) is 10.3 Å². The molecule has 1 aromatic heterocycles. The normalized spacial score (nSPS) is 23.0. The summed E-state index contributed by atoms with van der Waals surface area (Å²) in [4.78, 5) is 4.47. The summed E-state index contributed by atoms with van der Waals surface area (Å²) in [6, 6.07) is 0. The average Bonchev–Trinajstić information content (AvgIpc) is 2.85. The minimum atomic E-state index is -2.92. The van der Waals surface area contributed by atoms with E-state index in [2.05, 4.69) is 10.3 Å². The first-order chi connectivity index (χ1) is 8.13. The molecule has 1 fully saturated rings. The molecule has 2 heterocycles. The zero-order valence-electron chi connectivity index (χ0n) is 9.98. The first-order valence-electron chi connectivity index (χ1n) is 5.94. The molecule has 0 aromatic carbocycles. The second-order valence-electron chi connectivity index (χ2n) is 4.38. The van der Waals surface area contributed by atoms with E-state index in [-0.39, 0.29) is 5.25 Å². The Bertz CT molecular complexity index is 468. The zero-order valence-corrected chi connectivity index (χ0v) is 11.6. The molecule has 0 amide bonds. The second-order valence-corrected chi connectivity index (χ2v) is 7.57. The highest BCUT2D eigenvalue weighted by molar-refractivity contribution is 7.92. The summed E-state index contributed by atoms with van der Waals surface area (Å²) in [5.74, 6) is 0.326. The number of hydrogen-bond acceptors (Lipinski definition) is 5. The fourth-order valence-electron chi connectivity index (χ4n) is 2.10.